The van der Waals surface area contributed by atoms with Crippen molar-refractivity contribution in [1.29, 1.82) is 0 Å². The van der Waals surface area contributed by atoms with Crippen molar-refractivity contribution >= 4 is 41.4 Å². The maximum atomic E-state index is 12.5. The van der Waals surface area contributed by atoms with Crippen LogP contribution in [-0.2, 0) is 11.2 Å². The highest BCUT2D eigenvalue weighted by Crippen LogP contribution is 2.39. The number of thioether (sulfide) groups is 1. The molecule has 1 fully saturated rings. The van der Waals surface area contributed by atoms with Crippen molar-refractivity contribution in [3.63, 3.8) is 0 Å². The molecular formula is C14H21ClN2OS2. The van der Waals surface area contributed by atoms with Gasteiger partial charge in [0.2, 0.25) is 5.91 Å². The molecule has 3 rings (SSSR count). The molecular weight excluding hydrogens is 312 g/mol. The van der Waals surface area contributed by atoms with E-state index in [1.165, 1.54) is 10.4 Å². The average molecular weight is 333 g/mol. The zero-order valence-corrected chi connectivity index (χ0v) is 14.0. The molecule has 3 heterocycles. The summed E-state index contributed by atoms with van der Waals surface area (Å²) in [4.78, 5) is 13.9. The smallest absolute Gasteiger partial charge is 0.237 e. The Morgan fingerprint density at radius 1 is 1.50 bits per heavy atom. The number of nitrogens with one attached hydrogen (secondary N) is 2. The quantitative estimate of drug-likeness (QED) is 0.875. The lowest BCUT2D eigenvalue weighted by molar-refractivity contribution is -0.121. The van der Waals surface area contributed by atoms with Gasteiger partial charge in [-0.05, 0) is 55.5 Å². The van der Waals surface area contributed by atoms with Crippen molar-refractivity contribution in [2.45, 2.75) is 43.5 Å². The van der Waals surface area contributed by atoms with Crippen LogP contribution in [0.4, 0.5) is 0 Å². The number of aryl methyl sites for hydroxylation is 1. The molecule has 1 amide bonds. The molecule has 2 aliphatic rings. The van der Waals surface area contributed by atoms with Crippen LogP contribution in [0.2, 0.25) is 0 Å². The molecule has 0 bridgehead atoms. The average Bonchev–Trinajstić information content (AvgIpc) is 2.86. The molecule has 1 aromatic heterocycles. The van der Waals surface area contributed by atoms with E-state index in [1.807, 2.05) is 0 Å². The van der Waals surface area contributed by atoms with Gasteiger partial charge in [-0.15, -0.1) is 35.5 Å². The van der Waals surface area contributed by atoms with Crippen LogP contribution in [0.3, 0.4) is 0 Å². The maximum absolute atomic E-state index is 12.5. The minimum atomic E-state index is 0. The van der Waals surface area contributed by atoms with Gasteiger partial charge in [-0.3, -0.25) is 4.79 Å². The van der Waals surface area contributed by atoms with Crippen LogP contribution in [0, 0.1) is 0 Å². The zero-order valence-electron chi connectivity index (χ0n) is 11.6. The maximum Gasteiger partial charge on any atom is 0.237 e. The molecule has 0 saturated carbocycles. The van der Waals surface area contributed by atoms with Crippen LogP contribution in [-0.4, -0.2) is 30.3 Å². The second-order valence-electron chi connectivity index (χ2n) is 5.39. The van der Waals surface area contributed by atoms with Crippen LogP contribution >= 0.6 is 35.5 Å². The Kier molecular flexibility index (Phi) is 5.78. The molecule has 1 saturated heterocycles. The summed E-state index contributed by atoms with van der Waals surface area (Å²) < 4.78 is 0. The number of rotatable bonds is 2. The number of fused-ring (bicyclic) bond motifs is 1. The summed E-state index contributed by atoms with van der Waals surface area (Å²) >= 11 is 3.58. The highest BCUT2D eigenvalue weighted by Gasteiger charge is 2.30. The van der Waals surface area contributed by atoms with E-state index in [4.69, 9.17) is 0 Å². The minimum Gasteiger partial charge on any atom is -0.352 e. The van der Waals surface area contributed by atoms with Gasteiger partial charge < -0.3 is 10.6 Å². The standard InChI is InChI=1S/C14H20N2OS2.ClH/c1-9-8-10(2-5-15-9)16-14(17)13-11-3-6-18-12(11)4-7-19-13;/h3,6,9-10,13,15H,2,4-5,7-8H2,1H3,(H,16,17);1H. The largest absolute Gasteiger partial charge is 0.352 e. The number of amides is 1. The van der Waals surface area contributed by atoms with Gasteiger partial charge in [0, 0.05) is 17.0 Å². The summed E-state index contributed by atoms with van der Waals surface area (Å²) in [5, 5.41) is 8.80. The fourth-order valence-electron chi connectivity index (χ4n) is 2.90. The van der Waals surface area contributed by atoms with Crippen LogP contribution < -0.4 is 10.6 Å². The minimum absolute atomic E-state index is 0. The van der Waals surface area contributed by atoms with Gasteiger partial charge in [-0.2, -0.15) is 0 Å². The lowest BCUT2D eigenvalue weighted by Crippen LogP contribution is -2.47. The number of piperidine rings is 1. The van der Waals surface area contributed by atoms with Crippen molar-refractivity contribution in [2.24, 2.45) is 0 Å². The van der Waals surface area contributed by atoms with Gasteiger partial charge in [0.25, 0.3) is 0 Å². The van der Waals surface area contributed by atoms with E-state index in [9.17, 15) is 4.79 Å². The first kappa shape index (κ1) is 16.1. The molecule has 3 unspecified atom stereocenters. The summed E-state index contributed by atoms with van der Waals surface area (Å²) in [6.45, 7) is 3.19. The molecule has 2 N–H and O–H groups in total. The van der Waals surface area contributed by atoms with Gasteiger partial charge in [0.05, 0.1) is 0 Å². The van der Waals surface area contributed by atoms with E-state index in [1.54, 1.807) is 23.1 Å². The van der Waals surface area contributed by atoms with E-state index >= 15 is 0 Å². The lowest BCUT2D eigenvalue weighted by Gasteiger charge is -2.30. The third kappa shape index (κ3) is 3.50. The lowest BCUT2D eigenvalue weighted by atomic mass is 10.00. The first-order valence-electron chi connectivity index (χ1n) is 6.95. The first-order chi connectivity index (χ1) is 9.24. The monoisotopic (exact) mass is 332 g/mol. The fraction of sp³-hybridized carbons (Fsp3) is 0.643. The normalized spacial score (nSPS) is 29.1. The summed E-state index contributed by atoms with van der Waals surface area (Å²) in [7, 11) is 0. The van der Waals surface area contributed by atoms with Crippen molar-refractivity contribution in [1.82, 2.24) is 10.6 Å². The Labute approximate surface area is 134 Å². The van der Waals surface area contributed by atoms with Gasteiger partial charge in [0.1, 0.15) is 5.25 Å². The summed E-state index contributed by atoms with van der Waals surface area (Å²) in [5.41, 5.74) is 1.25. The number of hydrogen-bond donors (Lipinski definition) is 2. The Morgan fingerprint density at radius 2 is 2.35 bits per heavy atom. The van der Waals surface area contributed by atoms with Gasteiger partial charge >= 0.3 is 0 Å². The molecule has 2 aliphatic heterocycles. The highest BCUT2D eigenvalue weighted by atomic mass is 35.5. The molecule has 20 heavy (non-hydrogen) atoms. The van der Waals surface area contributed by atoms with Crippen LogP contribution in [0.25, 0.3) is 0 Å². The van der Waals surface area contributed by atoms with Crippen molar-refractivity contribution in [3.8, 4) is 0 Å². The van der Waals surface area contributed by atoms with E-state index in [-0.39, 0.29) is 23.6 Å². The molecule has 1 aromatic rings. The summed E-state index contributed by atoms with van der Waals surface area (Å²) in [6.07, 6.45) is 3.20. The SMILES string of the molecule is CC1CC(NC(=O)C2SCCc3sccc32)CCN1.Cl. The molecule has 0 aromatic carbocycles. The molecule has 6 heteroatoms. The Bertz CT molecular complexity index is 466. The van der Waals surface area contributed by atoms with Crippen LogP contribution in [0.5, 0.6) is 0 Å². The topological polar surface area (TPSA) is 41.1 Å². The number of thiophene rings is 1. The number of halogens is 1. The first-order valence-corrected chi connectivity index (χ1v) is 8.88. The Hall–Kier alpha value is -0.230. The molecule has 0 aliphatic carbocycles. The molecule has 3 nitrogen and oxygen atoms in total. The number of hydrogen-bond acceptors (Lipinski definition) is 4. The van der Waals surface area contributed by atoms with E-state index in [0.717, 1.165) is 31.6 Å². The second-order valence-corrected chi connectivity index (χ2v) is 7.60. The van der Waals surface area contributed by atoms with Crippen molar-refractivity contribution in [2.75, 3.05) is 12.3 Å². The summed E-state index contributed by atoms with van der Waals surface area (Å²) in [5.74, 6) is 1.28. The predicted octanol–water partition coefficient (Wildman–Crippen LogP) is 2.76. The number of carbonyl (C=O) groups is 1. The highest BCUT2D eigenvalue weighted by molar-refractivity contribution is 8.00. The van der Waals surface area contributed by atoms with Crippen molar-refractivity contribution in [3.05, 3.63) is 21.9 Å². The van der Waals surface area contributed by atoms with E-state index in [0.29, 0.717) is 12.1 Å². The Balaban J connectivity index is 0.00000147. The molecule has 112 valence electrons. The Morgan fingerprint density at radius 3 is 3.15 bits per heavy atom. The van der Waals surface area contributed by atoms with Gasteiger partial charge in [0.15, 0.2) is 0 Å². The van der Waals surface area contributed by atoms with Gasteiger partial charge in [-0.1, -0.05) is 0 Å². The fourth-order valence-corrected chi connectivity index (χ4v) is 5.21. The van der Waals surface area contributed by atoms with Crippen molar-refractivity contribution < 1.29 is 4.79 Å². The van der Waals surface area contributed by atoms with Crippen LogP contribution in [0.1, 0.15) is 35.5 Å². The van der Waals surface area contributed by atoms with E-state index < -0.39 is 0 Å². The molecule has 0 radical (unpaired) electrons. The van der Waals surface area contributed by atoms with Crippen LogP contribution in [0.15, 0.2) is 11.4 Å². The number of carbonyl (C=O) groups excluding carboxylic acids is 1. The second kappa shape index (κ2) is 7.16. The predicted molar refractivity (Wildman–Crippen MR) is 89.1 cm³/mol. The van der Waals surface area contributed by atoms with Gasteiger partial charge in [-0.25, -0.2) is 0 Å². The third-order valence-corrected chi connectivity index (χ3v) is 6.12. The molecule has 3 atom stereocenters. The zero-order chi connectivity index (χ0) is 13.2. The van der Waals surface area contributed by atoms with E-state index in [2.05, 4.69) is 29.0 Å². The summed E-state index contributed by atoms with van der Waals surface area (Å²) in [6, 6.07) is 2.98. The molecule has 0 spiro atoms. The third-order valence-electron chi connectivity index (χ3n) is 3.88.